The third kappa shape index (κ3) is 4.64. The van der Waals surface area contributed by atoms with E-state index in [2.05, 4.69) is 9.88 Å². The van der Waals surface area contributed by atoms with Crippen molar-refractivity contribution in [2.75, 3.05) is 50.5 Å². The number of carbonyl (C=O) groups excluding carboxylic acids is 1. The largest absolute Gasteiger partial charge is 0.379 e. The van der Waals surface area contributed by atoms with Crippen LogP contribution in [0.1, 0.15) is 10.4 Å². The molecule has 1 amide bonds. The summed E-state index contributed by atoms with van der Waals surface area (Å²) in [7, 11) is 0. The Balaban J connectivity index is 1.65. The van der Waals surface area contributed by atoms with E-state index in [0.29, 0.717) is 31.4 Å². The summed E-state index contributed by atoms with van der Waals surface area (Å²) in [6.07, 6.45) is 2.00. The van der Waals surface area contributed by atoms with Crippen LogP contribution in [0.5, 0.6) is 0 Å². The molecule has 0 bridgehead atoms. The Hall–Kier alpha value is -2.07. The van der Waals surface area contributed by atoms with E-state index < -0.39 is 17.5 Å². The van der Waals surface area contributed by atoms with Crippen molar-refractivity contribution in [1.29, 1.82) is 0 Å². The lowest BCUT2D eigenvalue weighted by Crippen LogP contribution is -2.43. The lowest BCUT2D eigenvalue weighted by molar-refractivity contribution is 0.0391. The number of fused-ring (bicyclic) bond motifs is 1. The van der Waals surface area contributed by atoms with Crippen LogP contribution in [-0.4, -0.2) is 61.4 Å². The molecule has 158 valence electrons. The first-order valence-electron chi connectivity index (χ1n) is 9.57. The molecular formula is C21H21F2N3O2S2. The average molecular weight is 450 g/mol. The van der Waals surface area contributed by atoms with Crippen molar-refractivity contribution in [2.24, 2.45) is 0 Å². The predicted octanol–water partition coefficient (Wildman–Crippen LogP) is 4.28. The number of hydrogen-bond acceptors (Lipinski definition) is 6. The zero-order valence-corrected chi connectivity index (χ0v) is 18.1. The molecule has 0 N–H and O–H groups in total. The number of ether oxygens (including phenoxy) is 1. The highest BCUT2D eigenvalue weighted by molar-refractivity contribution is 7.98. The van der Waals surface area contributed by atoms with Gasteiger partial charge in [0.05, 0.1) is 23.4 Å². The van der Waals surface area contributed by atoms with Crippen LogP contribution in [-0.2, 0) is 4.74 Å². The van der Waals surface area contributed by atoms with Crippen LogP contribution < -0.4 is 4.90 Å². The smallest absolute Gasteiger partial charge is 0.260 e. The van der Waals surface area contributed by atoms with Gasteiger partial charge in [-0.2, -0.15) is 0 Å². The van der Waals surface area contributed by atoms with Crippen LogP contribution in [0, 0.1) is 11.6 Å². The van der Waals surface area contributed by atoms with Crippen molar-refractivity contribution < 1.29 is 18.3 Å². The molecule has 1 aliphatic heterocycles. The van der Waals surface area contributed by atoms with Crippen molar-refractivity contribution >= 4 is 44.4 Å². The van der Waals surface area contributed by atoms with Crippen molar-refractivity contribution in [2.45, 2.75) is 4.90 Å². The zero-order chi connectivity index (χ0) is 21.1. The van der Waals surface area contributed by atoms with Gasteiger partial charge in [0.15, 0.2) is 16.8 Å². The minimum Gasteiger partial charge on any atom is -0.379 e. The summed E-state index contributed by atoms with van der Waals surface area (Å²) in [4.78, 5) is 22.8. The first-order valence-corrected chi connectivity index (χ1v) is 11.6. The number of thiazole rings is 1. The summed E-state index contributed by atoms with van der Waals surface area (Å²) in [6, 6.07) is 9.20. The molecule has 30 heavy (non-hydrogen) atoms. The summed E-state index contributed by atoms with van der Waals surface area (Å²) in [5, 5.41) is 0.547. The average Bonchev–Trinajstić information content (AvgIpc) is 3.19. The number of aromatic nitrogens is 1. The molecule has 1 saturated heterocycles. The third-order valence-corrected chi connectivity index (χ3v) is 6.74. The van der Waals surface area contributed by atoms with Gasteiger partial charge in [0.1, 0.15) is 0 Å². The highest BCUT2D eigenvalue weighted by Gasteiger charge is 2.24. The molecule has 0 unspecified atom stereocenters. The van der Waals surface area contributed by atoms with Gasteiger partial charge in [-0.1, -0.05) is 11.3 Å². The monoisotopic (exact) mass is 449 g/mol. The topological polar surface area (TPSA) is 45.7 Å². The molecule has 0 radical (unpaired) electrons. The standard InChI is InChI=1S/C21H21F2N3O2S2/c1-29-15-3-5-18-19(13-15)30-21(24-18)26(7-6-25-8-10-28-11-9-25)20(27)14-2-4-16(22)17(23)12-14/h2-5,12-13H,6-11H2,1H3. The third-order valence-electron chi connectivity index (χ3n) is 4.97. The van der Waals surface area contributed by atoms with Gasteiger partial charge in [-0.15, -0.1) is 11.8 Å². The molecule has 2 heterocycles. The van der Waals surface area contributed by atoms with Gasteiger partial charge in [-0.3, -0.25) is 14.6 Å². The minimum absolute atomic E-state index is 0.0972. The first kappa shape index (κ1) is 21.2. The van der Waals surface area contributed by atoms with E-state index >= 15 is 0 Å². The summed E-state index contributed by atoms with van der Waals surface area (Å²) in [6.45, 7) is 3.96. The summed E-state index contributed by atoms with van der Waals surface area (Å²) in [5.74, 6) is -2.41. The number of halogens is 2. The van der Waals surface area contributed by atoms with Gasteiger partial charge in [0, 0.05) is 36.6 Å². The molecule has 3 aromatic rings. The zero-order valence-electron chi connectivity index (χ0n) is 16.4. The summed E-state index contributed by atoms with van der Waals surface area (Å²) < 4.78 is 33.5. The molecule has 2 aromatic carbocycles. The Morgan fingerprint density at radius 1 is 1.20 bits per heavy atom. The van der Waals surface area contributed by atoms with Gasteiger partial charge in [0.25, 0.3) is 5.91 Å². The molecule has 0 saturated carbocycles. The molecule has 0 spiro atoms. The second-order valence-corrected chi connectivity index (χ2v) is 8.76. The van der Waals surface area contributed by atoms with E-state index in [1.165, 1.54) is 17.4 Å². The van der Waals surface area contributed by atoms with Crippen molar-refractivity contribution in [3.63, 3.8) is 0 Å². The highest BCUT2D eigenvalue weighted by Crippen LogP contribution is 2.32. The number of morpholine rings is 1. The molecule has 0 aliphatic carbocycles. The number of rotatable bonds is 6. The fourth-order valence-electron chi connectivity index (χ4n) is 3.27. The summed E-state index contributed by atoms with van der Waals surface area (Å²) in [5.41, 5.74) is 0.905. The van der Waals surface area contributed by atoms with Crippen molar-refractivity contribution in [3.8, 4) is 0 Å². The SMILES string of the molecule is CSc1ccc2nc(N(CCN3CCOCC3)C(=O)c3ccc(F)c(F)c3)sc2c1. The van der Waals surface area contributed by atoms with Gasteiger partial charge >= 0.3 is 0 Å². The second-order valence-electron chi connectivity index (χ2n) is 6.87. The fourth-order valence-corrected chi connectivity index (χ4v) is 4.81. The minimum atomic E-state index is -1.04. The van der Waals surface area contributed by atoms with E-state index in [1.54, 1.807) is 16.7 Å². The quantitative estimate of drug-likeness (QED) is 0.526. The van der Waals surface area contributed by atoms with Crippen LogP contribution in [0.2, 0.25) is 0 Å². The highest BCUT2D eigenvalue weighted by atomic mass is 32.2. The maximum atomic E-state index is 13.7. The molecule has 9 heteroatoms. The number of thioether (sulfide) groups is 1. The van der Waals surface area contributed by atoms with Crippen LogP contribution in [0.25, 0.3) is 10.2 Å². The number of hydrogen-bond donors (Lipinski definition) is 0. The van der Waals surface area contributed by atoms with E-state index in [4.69, 9.17) is 4.74 Å². The van der Waals surface area contributed by atoms with Crippen LogP contribution in [0.15, 0.2) is 41.3 Å². The Morgan fingerprint density at radius 3 is 2.73 bits per heavy atom. The van der Waals surface area contributed by atoms with Crippen molar-refractivity contribution in [1.82, 2.24) is 9.88 Å². The van der Waals surface area contributed by atoms with Crippen LogP contribution in [0.3, 0.4) is 0 Å². The molecule has 1 fully saturated rings. The lowest BCUT2D eigenvalue weighted by atomic mass is 10.2. The van der Waals surface area contributed by atoms with Gasteiger partial charge in [-0.25, -0.2) is 13.8 Å². The maximum absolute atomic E-state index is 13.7. The van der Waals surface area contributed by atoms with Crippen LogP contribution in [0.4, 0.5) is 13.9 Å². The second kappa shape index (κ2) is 9.38. The normalized spacial score (nSPS) is 14.9. The Labute approximate surface area is 181 Å². The molecule has 4 rings (SSSR count). The summed E-state index contributed by atoms with van der Waals surface area (Å²) >= 11 is 3.06. The fraction of sp³-hybridized carbons (Fsp3) is 0.333. The Bertz CT molecular complexity index is 1050. The number of anilines is 1. The van der Waals surface area contributed by atoms with Crippen LogP contribution >= 0.6 is 23.1 Å². The van der Waals surface area contributed by atoms with E-state index in [1.807, 2.05) is 24.5 Å². The van der Waals surface area contributed by atoms with Crippen molar-refractivity contribution in [3.05, 3.63) is 53.6 Å². The van der Waals surface area contributed by atoms with E-state index in [-0.39, 0.29) is 5.56 Å². The molecule has 5 nitrogen and oxygen atoms in total. The number of carbonyl (C=O) groups is 1. The maximum Gasteiger partial charge on any atom is 0.260 e. The first-order chi connectivity index (χ1) is 14.5. The molecule has 0 atom stereocenters. The molecule has 1 aromatic heterocycles. The number of nitrogens with zero attached hydrogens (tertiary/aromatic N) is 3. The Morgan fingerprint density at radius 2 is 2.00 bits per heavy atom. The molecule has 1 aliphatic rings. The van der Waals surface area contributed by atoms with E-state index in [9.17, 15) is 13.6 Å². The number of amides is 1. The lowest BCUT2D eigenvalue weighted by Gasteiger charge is -2.29. The Kier molecular flexibility index (Phi) is 6.62. The van der Waals surface area contributed by atoms with Gasteiger partial charge < -0.3 is 4.74 Å². The van der Waals surface area contributed by atoms with Gasteiger partial charge in [0.2, 0.25) is 0 Å². The van der Waals surface area contributed by atoms with E-state index in [0.717, 1.165) is 40.3 Å². The van der Waals surface area contributed by atoms with Gasteiger partial charge in [-0.05, 0) is 42.7 Å². The molecular weight excluding hydrogens is 428 g/mol. The number of benzene rings is 2. The predicted molar refractivity (Wildman–Crippen MR) is 117 cm³/mol.